The van der Waals surface area contributed by atoms with Crippen LogP contribution in [0.3, 0.4) is 0 Å². The Labute approximate surface area is 123 Å². The summed E-state index contributed by atoms with van der Waals surface area (Å²) in [6, 6.07) is 17.9. The Hall–Kier alpha value is -2.33. The second-order valence-electron chi connectivity index (χ2n) is 5.51. The van der Waals surface area contributed by atoms with Crippen molar-refractivity contribution in [1.82, 2.24) is 5.06 Å². The summed E-state index contributed by atoms with van der Waals surface area (Å²) in [7, 11) is 0. The van der Waals surface area contributed by atoms with Gasteiger partial charge in [-0.1, -0.05) is 54.6 Å². The van der Waals surface area contributed by atoms with Crippen molar-refractivity contribution in [2.75, 3.05) is 6.54 Å². The zero-order chi connectivity index (χ0) is 14.8. The fourth-order valence-corrected chi connectivity index (χ4v) is 2.72. The number of urea groups is 1. The molecule has 0 radical (unpaired) electrons. The normalized spacial score (nSPS) is 20.0. The molecule has 4 nitrogen and oxygen atoms in total. The maximum atomic E-state index is 10.8. The Kier molecular flexibility index (Phi) is 3.62. The number of carbonyl (C=O) groups is 1. The van der Waals surface area contributed by atoms with E-state index in [1.807, 2.05) is 18.2 Å². The van der Waals surface area contributed by atoms with Gasteiger partial charge in [0.05, 0.1) is 6.54 Å². The highest BCUT2D eigenvalue weighted by Crippen LogP contribution is 2.47. The first-order valence-electron chi connectivity index (χ1n) is 7.06. The monoisotopic (exact) mass is 282 g/mol. The zero-order valence-corrected chi connectivity index (χ0v) is 11.6. The maximum Gasteiger partial charge on any atom is 0.338 e. The van der Waals surface area contributed by atoms with E-state index in [2.05, 4.69) is 36.4 Å². The predicted molar refractivity (Wildman–Crippen MR) is 80.8 cm³/mol. The number of benzene rings is 2. The summed E-state index contributed by atoms with van der Waals surface area (Å²) in [5.41, 5.74) is 8.66. The smallest absolute Gasteiger partial charge is 0.338 e. The van der Waals surface area contributed by atoms with Crippen molar-refractivity contribution in [3.8, 4) is 11.1 Å². The van der Waals surface area contributed by atoms with Crippen molar-refractivity contribution in [1.29, 1.82) is 0 Å². The van der Waals surface area contributed by atoms with Crippen LogP contribution in [0.5, 0.6) is 0 Å². The van der Waals surface area contributed by atoms with E-state index < -0.39 is 6.03 Å². The molecule has 2 atom stereocenters. The molecule has 0 aromatic heterocycles. The van der Waals surface area contributed by atoms with Crippen molar-refractivity contribution >= 4 is 6.03 Å². The molecule has 0 aliphatic heterocycles. The minimum atomic E-state index is -0.792. The van der Waals surface area contributed by atoms with Gasteiger partial charge in [0.25, 0.3) is 0 Å². The third kappa shape index (κ3) is 3.06. The summed E-state index contributed by atoms with van der Waals surface area (Å²) in [6.07, 6.45) is 0.981. The second kappa shape index (κ2) is 5.58. The first kappa shape index (κ1) is 13.6. The fourth-order valence-electron chi connectivity index (χ4n) is 2.72. The van der Waals surface area contributed by atoms with Crippen LogP contribution in [0.2, 0.25) is 0 Å². The number of primary amides is 1. The molecule has 3 rings (SSSR count). The minimum Gasteiger partial charge on any atom is -0.350 e. The Morgan fingerprint density at radius 1 is 1.10 bits per heavy atom. The molecule has 4 heteroatoms. The first-order valence-corrected chi connectivity index (χ1v) is 7.06. The van der Waals surface area contributed by atoms with Gasteiger partial charge >= 0.3 is 6.03 Å². The van der Waals surface area contributed by atoms with Gasteiger partial charge in [-0.2, -0.15) is 0 Å². The van der Waals surface area contributed by atoms with E-state index in [0.717, 1.165) is 6.42 Å². The number of carbonyl (C=O) groups excluding carboxylic acids is 1. The largest absolute Gasteiger partial charge is 0.350 e. The molecule has 0 bridgehead atoms. The molecule has 2 aromatic rings. The second-order valence-corrected chi connectivity index (χ2v) is 5.51. The molecule has 1 aliphatic carbocycles. The Balaban J connectivity index is 1.65. The molecule has 2 unspecified atom stereocenters. The first-order chi connectivity index (χ1) is 10.1. The van der Waals surface area contributed by atoms with Gasteiger partial charge in [0.1, 0.15) is 0 Å². The summed E-state index contributed by atoms with van der Waals surface area (Å²) in [5, 5.41) is 9.95. The topological polar surface area (TPSA) is 66.6 Å². The summed E-state index contributed by atoms with van der Waals surface area (Å²) in [6.45, 7) is 0.306. The number of hydrogen-bond donors (Lipinski definition) is 2. The van der Waals surface area contributed by atoms with Crippen LogP contribution >= 0.6 is 0 Å². The lowest BCUT2D eigenvalue weighted by Gasteiger charge is -2.11. The summed E-state index contributed by atoms with van der Waals surface area (Å²) < 4.78 is 0. The van der Waals surface area contributed by atoms with E-state index in [-0.39, 0.29) is 0 Å². The molecule has 21 heavy (non-hydrogen) atoms. The van der Waals surface area contributed by atoms with Crippen LogP contribution in [0, 0.1) is 5.92 Å². The standard InChI is InChI=1S/C17H18N2O2/c18-17(20)19(21)11-15-10-16(15)14-8-6-13(7-9-14)12-4-2-1-3-5-12/h1-9,15-16,21H,10-11H2,(H2,18,20). The van der Waals surface area contributed by atoms with Gasteiger partial charge < -0.3 is 5.73 Å². The molecule has 2 amide bonds. The lowest BCUT2D eigenvalue weighted by molar-refractivity contribution is -0.0431. The van der Waals surface area contributed by atoms with Crippen LogP contribution in [0.4, 0.5) is 4.79 Å². The Bertz CT molecular complexity index is 625. The Morgan fingerprint density at radius 2 is 1.71 bits per heavy atom. The summed E-state index contributed by atoms with van der Waals surface area (Å²) >= 11 is 0. The molecule has 1 saturated carbocycles. The molecule has 0 saturated heterocycles. The van der Waals surface area contributed by atoms with E-state index in [1.54, 1.807) is 0 Å². The predicted octanol–water partition coefficient (Wildman–Crippen LogP) is 3.23. The average Bonchev–Trinajstić information content (AvgIpc) is 3.27. The summed E-state index contributed by atoms with van der Waals surface area (Å²) in [4.78, 5) is 10.8. The van der Waals surface area contributed by atoms with Gasteiger partial charge in [0, 0.05) is 0 Å². The van der Waals surface area contributed by atoms with Crippen LogP contribution in [0.25, 0.3) is 11.1 Å². The van der Waals surface area contributed by atoms with Crippen LogP contribution in [-0.2, 0) is 0 Å². The van der Waals surface area contributed by atoms with Gasteiger partial charge in [-0.05, 0) is 34.9 Å². The van der Waals surface area contributed by atoms with Crippen LogP contribution < -0.4 is 5.73 Å². The fraction of sp³-hybridized carbons (Fsp3) is 0.235. The highest BCUT2D eigenvalue weighted by molar-refractivity contribution is 5.70. The van der Waals surface area contributed by atoms with Crippen molar-refractivity contribution < 1.29 is 10.0 Å². The third-order valence-electron chi connectivity index (χ3n) is 4.03. The SMILES string of the molecule is NC(=O)N(O)CC1CC1c1ccc(-c2ccccc2)cc1. The van der Waals surface area contributed by atoms with Gasteiger partial charge in [0.2, 0.25) is 0 Å². The molecule has 0 spiro atoms. The minimum absolute atomic E-state index is 0.296. The van der Waals surface area contributed by atoms with E-state index in [0.29, 0.717) is 23.4 Å². The average molecular weight is 282 g/mol. The number of hydrogen-bond acceptors (Lipinski definition) is 2. The molecular formula is C17H18N2O2. The highest BCUT2D eigenvalue weighted by Gasteiger charge is 2.39. The van der Waals surface area contributed by atoms with Crippen molar-refractivity contribution in [2.24, 2.45) is 11.7 Å². The Morgan fingerprint density at radius 3 is 2.33 bits per heavy atom. The van der Waals surface area contributed by atoms with Crippen LogP contribution in [0.15, 0.2) is 54.6 Å². The number of amides is 2. The van der Waals surface area contributed by atoms with E-state index >= 15 is 0 Å². The van der Waals surface area contributed by atoms with Crippen molar-refractivity contribution in [3.63, 3.8) is 0 Å². The van der Waals surface area contributed by atoms with E-state index in [9.17, 15) is 10.0 Å². The third-order valence-corrected chi connectivity index (χ3v) is 4.03. The van der Waals surface area contributed by atoms with Crippen molar-refractivity contribution in [2.45, 2.75) is 12.3 Å². The molecule has 1 fully saturated rings. The highest BCUT2D eigenvalue weighted by atomic mass is 16.5. The molecular weight excluding hydrogens is 264 g/mol. The number of hydroxylamine groups is 2. The number of nitrogens with zero attached hydrogens (tertiary/aromatic N) is 1. The number of rotatable bonds is 4. The maximum absolute atomic E-state index is 10.8. The van der Waals surface area contributed by atoms with Crippen molar-refractivity contribution in [3.05, 3.63) is 60.2 Å². The number of nitrogens with two attached hydrogens (primary N) is 1. The molecule has 2 aromatic carbocycles. The van der Waals surface area contributed by atoms with Gasteiger partial charge in [0.15, 0.2) is 0 Å². The van der Waals surface area contributed by atoms with Gasteiger partial charge in [-0.15, -0.1) is 0 Å². The van der Waals surface area contributed by atoms with Crippen LogP contribution in [0.1, 0.15) is 17.9 Å². The van der Waals surface area contributed by atoms with E-state index in [4.69, 9.17) is 5.73 Å². The molecule has 0 heterocycles. The molecule has 3 N–H and O–H groups in total. The van der Waals surface area contributed by atoms with Gasteiger partial charge in [-0.25, -0.2) is 9.86 Å². The van der Waals surface area contributed by atoms with Gasteiger partial charge in [-0.3, -0.25) is 5.21 Å². The van der Waals surface area contributed by atoms with Crippen LogP contribution in [-0.4, -0.2) is 22.8 Å². The van der Waals surface area contributed by atoms with E-state index in [1.165, 1.54) is 16.7 Å². The zero-order valence-electron chi connectivity index (χ0n) is 11.6. The molecule has 1 aliphatic rings. The lowest BCUT2D eigenvalue weighted by Crippen LogP contribution is -2.34. The quantitative estimate of drug-likeness (QED) is 0.668. The lowest BCUT2D eigenvalue weighted by atomic mass is 10.0. The summed E-state index contributed by atoms with van der Waals surface area (Å²) in [5.74, 6) is 0.703. The molecule has 108 valence electrons.